The first-order valence-corrected chi connectivity index (χ1v) is 6.50. The first-order chi connectivity index (χ1) is 8.96. The SMILES string of the molecule is NC(=S)C1(NC(=O)c2cccc(O)c2O)CCCC1. The van der Waals surface area contributed by atoms with Gasteiger partial charge in [0, 0.05) is 0 Å². The average molecular weight is 280 g/mol. The lowest BCUT2D eigenvalue weighted by molar-refractivity contribution is 0.0921. The number of hydrogen-bond donors (Lipinski definition) is 4. The molecule has 0 bridgehead atoms. The third-order valence-corrected chi connectivity index (χ3v) is 3.93. The van der Waals surface area contributed by atoms with Crippen LogP contribution < -0.4 is 11.1 Å². The third-order valence-electron chi connectivity index (χ3n) is 3.54. The predicted octanol–water partition coefficient (Wildman–Crippen LogP) is 1.43. The topological polar surface area (TPSA) is 95.6 Å². The lowest BCUT2D eigenvalue weighted by Gasteiger charge is -2.29. The minimum Gasteiger partial charge on any atom is -0.504 e. The van der Waals surface area contributed by atoms with Gasteiger partial charge in [-0.05, 0) is 25.0 Å². The van der Waals surface area contributed by atoms with E-state index in [9.17, 15) is 15.0 Å². The van der Waals surface area contributed by atoms with Crippen molar-refractivity contribution in [3.63, 3.8) is 0 Å². The van der Waals surface area contributed by atoms with E-state index in [4.69, 9.17) is 18.0 Å². The summed E-state index contributed by atoms with van der Waals surface area (Å²) in [6.45, 7) is 0. The Morgan fingerprint density at radius 2 is 1.95 bits per heavy atom. The normalized spacial score (nSPS) is 17.1. The van der Waals surface area contributed by atoms with Gasteiger partial charge in [0.25, 0.3) is 5.91 Å². The minimum absolute atomic E-state index is 0.0162. The number of thiocarbonyl (C=S) groups is 1. The first kappa shape index (κ1) is 13.6. The second-order valence-electron chi connectivity index (χ2n) is 4.78. The van der Waals surface area contributed by atoms with Gasteiger partial charge < -0.3 is 21.3 Å². The second kappa shape index (κ2) is 5.05. The standard InChI is InChI=1S/C13H16N2O3S/c14-12(19)13(6-1-2-7-13)15-11(18)8-4-3-5-9(16)10(8)17/h3-5,16-17H,1-2,6-7H2,(H2,14,19)(H,15,18). The number of para-hydroxylation sites is 1. The fourth-order valence-electron chi connectivity index (χ4n) is 2.41. The Labute approximate surface area is 116 Å². The Bertz CT molecular complexity index is 525. The number of aromatic hydroxyl groups is 2. The summed E-state index contributed by atoms with van der Waals surface area (Å²) in [5.74, 6) is -1.25. The second-order valence-corrected chi connectivity index (χ2v) is 5.22. The Balaban J connectivity index is 2.25. The molecular weight excluding hydrogens is 264 g/mol. The molecule has 0 unspecified atom stereocenters. The highest BCUT2D eigenvalue weighted by molar-refractivity contribution is 7.80. The summed E-state index contributed by atoms with van der Waals surface area (Å²) >= 11 is 5.05. The van der Waals surface area contributed by atoms with Gasteiger partial charge in [-0.3, -0.25) is 4.79 Å². The van der Waals surface area contributed by atoms with Crippen LogP contribution in [0.3, 0.4) is 0 Å². The van der Waals surface area contributed by atoms with E-state index in [2.05, 4.69) is 5.32 Å². The number of hydrogen-bond acceptors (Lipinski definition) is 4. The van der Waals surface area contributed by atoms with Crippen molar-refractivity contribution >= 4 is 23.1 Å². The summed E-state index contributed by atoms with van der Waals surface area (Å²) in [4.78, 5) is 12.4. The molecule has 5 N–H and O–H groups in total. The molecule has 6 heteroatoms. The average Bonchev–Trinajstić information content (AvgIpc) is 2.82. The molecule has 0 radical (unpaired) electrons. The van der Waals surface area contributed by atoms with Crippen LogP contribution in [0.1, 0.15) is 36.0 Å². The fourth-order valence-corrected chi connectivity index (χ4v) is 2.67. The van der Waals surface area contributed by atoms with Crippen molar-refractivity contribution in [2.24, 2.45) is 5.73 Å². The van der Waals surface area contributed by atoms with Crippen LogP contribution in [-0.2, 0) is 0 Å². The molecule has 5 nitrogen and oxygen atoms in total. The molecule has 1 saturated carbocycles. The minimum atomic E-state index is -0.676. The Hall–Kier alpha value is -1.82. The van der Waals surface area contributed by atoms with Crippen molar-refractivity contribution in [2.75, 3.05) is 0 Å². The molecule has 19 heavy (non-hydrogen) atoms. The highest BCUT2D eigenvalue weighted by atomic mass is 32.1. The molecule has 1 aliphatic rings. The van der Waals surface area contributed by atoms with E-state index in [1.54, 1.807) is 0 Å². The fraction of sp³-hybridized carbons (Fsp3) is 0.385. The molecule has 102 valence electrons. The van der Waals surface area contributed by atoms with Gasteiger partial charge in [0.15, 0.2) is 11.5 Å². The van der Waals surface area contributed by atoms with Crippen molar-refractivity contribution in [3.05, 3.63) is 23.8 Å². The molecular formula is C13H16N2O3S. The summed E-state index contributed by atoms with van der Waals surface area (Å²) in [6, 6.07) is 4.24. The van der Waals surface area contributed by atoms with Crippen LogP contribution in [0.25, 0.3) is 0 Å². The van der Waals surface area contributed by atoms with Crippen molar-refractivity contribution in [1.82, 2.24) is 5.32 Å². The largest absolute Gasteiger partial charge is 0.504 e. The van der Waals surface area contributed by atoms with Crippen LogP contribution in [0, 0.1) is 0 Å². The number of phenolic OH excluding ortho intramolecular Hbond substituents is 2. The van der Waals surface area contributed by atoms with Crippen molar-refractivity contribution < 1.29 is 15.0 Å². The molecule has 0 aliphatic heterocycles. The number of amides is 1. The van der Waals surface area contributed by atoms with Gasteiger partial charge in [-0.25, -0.2) is 0 Å². The van der Waals surface area contributed by atoms with Crippen molar-refractivity contribution in [1.29, 1.82) is 0 Å². The smallest absolute Gasteiger partial charge is 0.255 e. The van der Waals surface area contributed by atoms with E-state index in [1.165, 1.54) is 18.2 Å². The van der Waals surface area contributed by atoms with E-state index < -0.39 is 17.2 Å². The molecule has 0 atom stereocenters. The van der Waals surface area contributed by atoms with Crippen LogP contribution in [0.2, 0.25) is 0 Å². The van der Waals surface area contributed by atoms with E-state index in [0.29, 0.717) is 12.8 Å². The van der Waals surface area contributed by atoms with E-state index in [1.807, 2.05) is 0 Å². The monoisotopic (exact) mass is 280 g/mol. The highest BCUT2D eigenvalue weighted by Gasteiger charge is 2.38. The highest BCUT2D eigenvalue weighted by Crippen LogP contribution is 2.32. The van der Waals surface area contributed by atoms with Crippen LogP contribution in [-0.4, -0.2) is 26.6 Å². The van der Waals surface area contributed by atoms with Gasteiger partial charge in [0.2, 0.25) is 0 Å². The maximum absolute atomic E-state index is 12.2. The van der Waals surface area contributed by atoms with Gasteiger partial charge >= 0.3 is 0 Å². The molecule has 0 saturated heterocycles. The molecule has 1 amide bonds. The van der Waals surface area contributed by atoms with Gasteiger partial charge in [0.1, 0.15) is 0 Å². The molecule has 0 aromatic heterocycles. The zero-order valence-corrected chi connectivity index (χ0v) is 11.2. The molecule has 1 aliphatic carbocycles. The Morgan fingerprint density at radius 3 is 2.53 bits per heavy atom. The number of carbonyl (C=O) groups is 1. The van der Waals surface area contributed by atoms with E-state index in [-0.39, 0.29) is 16.3 Å². The van der Waals surface area contributed by atoms with Crippen LogP contribution in [0.5, 0.6) is 11.5 Å². The molecule has 2 rings (SSSR count). The maximum Gasteiger partial charge on any atom is 0.255 e. The van der Waals surface area contributed by atoms with Crippen molar-refractivity contribution in [2.45, 2.75) is 31.2 Å². The summed E-state index contributed by atoms with van der Waals surface area (Å²) in [6.07, 6.45) is 3.30. The number of rotatable bonds is 3. The zero-order valence-electron chi connectivity index (χ0n) is 10.3. The molecule has 0 spiro atoms. The summed E-state index contributed by atoms with van der Waals surface area (Å²) < 4.78 is 0. The lowest BCUT2D eigenvalue weighted by Crippen LogP contribution is -2.54. The number of benzene rings is 1. The zero-order chi connectivity index (χ0) is 14.0. The number of carbonyl (C=O) groups excluding carboxylic acids is 1. The van der Waals surface area contributed by atoms with Gasteiger partial charge in [0.05, 0.1) is 16.1 Å². The summed E-state index contributed by atoms with van der Waals surface area (Å²) in [5, 5.41) is 21.9. The van der Waals surface area contributed by atoms with Gasteiger partial charge in [-0.2, -0.15) is 0 Å². The summed E-state index contributed by atoms with van der Waals surface area (Å²) in [5.41, 5.74) is 5.07. The quantitative estimate of drug-likeness (QED) is 0.496. The van der Waals surface area contributed by atoms with Gasteiger partial charge in [-0.15, -0.1) is 0 Å². The van der Waals surface area contributed by atoms with E-state index >= 15 is 0 Å². The summed E-state index contributed by atoms with van der Waals surface area (Å²) in [7, 11) is 0. The predicted molar refractivity (Wildman–Crippen MR) is 75.2 cm³/mol. The molecule has 1 aromatic rings. The van der Waals surface area contributed by atoms with Crippen LogP contribution in [0.15, 0.2) is 18.2 Å². The first-order valence-electron chi connectivity index (χ1n) is 6.10. The van der Waals surface area contributed by atoms with Gasteiger partial charge in [-0.1, -0.05) is 31.1 Å². The maximum atomic E-state index is 12.2. The van der Waals surface area contributed by atoms with E-state index in [0.717, 1.165) is 12.8 Å². The number of phenols is 2. The molecule has 0 heterocycles. The Morgan fingerprint density at radius 1 is 1.32 bits per heavy atom. The lowest BCUT2D eigenvalue weighted by atomic mass is 9.97. The Kier molecular flexibility index (Phi) is 3.61. The molecule has 1 fully saturated rings. The molecule has 1 aromatic carbocycles. The number of nitrogens with one attached hydrogen (secondary N) is 1. The number of nitrogens with two attached hydrogens (primary N) is 1. The third kappa shape index (κ3) is 2.49. The van der Waals surface area contributed by atoms with Crippen molar-refractivity contribution in [3.8, 4) is 11.5 Å². The van der Waals surface area contributed by atoms with Crippen LogP contribution >= 0.6 is 12.2 Å². The van der Waals surface area contributed by atoms with Crippen LogP contribution in [0.4, 0.5) is 0 Å².